The number of carbonyl (C=O) groups excluding carboxylic acids is 3. The first-order valence-corrected chi connectivity index (χ1v) is 10.4. The highest BCUT2D eigenvalue weighted by Crippen LogP contribution is 2.30. The number of aryl methyl sites for hydroxylation is 1. The molecule has 0 aliphatic heterocycles. The van der Waals surface area contributed by atoms with Crippen molar-refractivity contribution in [2.75, 3.05) is 12.4 Å². The van der Waals surface area contributed by atoms with E-state index in [0.717, 1.165) is 12.0 Å². The highest BCUT2D eigenvalue weighted by Gasteiger charge is 2.28. The van der Waals surface area contributed by atoms with Crippen LogP contribution < -0.4 is 10.7 Å². The standard InChI is InChI=1S/C24H22N4O5/c1-14-20-17(27-28-22(29)18-6-3-4-13-25-18)7-5-8-19(20)33-21(14)23(30)26-16-11-9-15(10-12-16)24(31)32-2/h3-4,6,9-13H,5,7-8H2,1-2H3,(H,26,30)(H,28,29)/b27-17+. The molecule has 0 atom stereocenters. The highest BCUT2D eigenvalue weighted by atomic mass is 16.5. The van der Waals surface area contributed by atoms with Crippen LogP contribution in [-0.4, -0.2) is 35.6 Å². The lowest BCUT2D eigenvalue weighted by atomic mass is 9.93. The summed E-state index contributed by atoms with van der Waals surface area (Å²) in [5, 5.41) is 7.07. The summed E-state index contributed by atoms with van der Waals surface area (Å²) in [6, 6.07) is 11.4. The number of aromatic nitrogens is 1. The van der Waals surface area contributed by atoms with Gasteiger partial charge in [-0.05, 0) is 56.2 Å². The summed E-state index contributed by atoms with van der Waals surface area (Å²) in [6.07, 6.45) is 3.64. The molecule has 0 saturated carbocycles. The number of methoxy groups -OCH3 is 1. The Balaban J connectivity index is 1.53. The van der Waals surface area contributed by atoms with Gasteiger partial charge in [-0.15, -0.1) is 0 Å². The van der Waals surface area contributed by atoms with Crippen LogP contribution in [0.2, 0.25) is 0 Å². The van der Waals surface area contributed by atoms with E-state index in [1.165, 1.54) is 13.3 Å². The number of nitrogens with zero attached hydrogens (tertiary/aromatic N) is 2. The van der Waals surface area contributed by atoms with Crippen molar-refractivity contribution in [3.8, 4) is 0 Å². The van der Waals surface area contributed by atoms with Gasteiger partial charge in [0, 0.05) is 29.4 Å². The van der Waals surface area contributed by atoms with Crippen LogP contribution in [0.15, 0.2) is 58.2 Å². The van der Waals surface area contributed by atoms with E-state index in [4.69, 9.17) is 4.42 Å². The number of furan rings is 1. The molecule has 0 radical (unpaired) electrons. The number of benzene rings is 1. The molecule has 2 heterocycles. The van der Waals surface area contributed by atoms with Gasteiger partial charge >= 0.3 is 5.97 Å². The van der Waals surface area contributed by atoms with Crippen LogP contribution in [-0.2, 0) is 11.2 Å². The second kappa shape index (κ2) is 9.47. The Bertz CT molecular complexity index is 1230. The summed E-state index contributed by atoms with van der Waals surface area (Å²) in [5.41, 5.74) is 5.75. The van der Waals surface area contributed by atoms with Gasteiger partial charge in [-0.2, -0.15) is 5.10 Å². The van der Waals surface area contributed by atoms with Crippen LogP contribution in [0.3, 0.4) is 0 Å². The number of fused-ring (bicyclic) bond motifs is 1. The molecule has 0 bridgehead atoms. The molecule has 9 heteroatoms. The van der Waals surface area contributed by atoms with Crippen LogP contribution in [0.1, 0.15) is 61.1 Å². The molecular formula is C24H22N4O5. The lowest BCUT2D eigenvalue weighted by Gasteiger charge is -2.13. The average molecular weight is 446 g/mol. The number of carbonyl (C=O) groups is 3. The molecule has 3 aromatic rings. The predicted octanol–water partition coefficient (Wildman–Crippen LogP) is 3.49. The Morgan fingerprint density at radius 2 is 1.85 bits per heavy atom. The maximum atomic E-state index is 12.9. The van der Waals surface area contributed by atoms with E-state index >= 15 is 0 Å². The number of hydrogen-bond donors (Lipinski definition) is 2. The Hall–Kier alpha value is -4.27. The number of anilines is 1. The smallest absolute Gasteiger partial charge is 0.337 e. The Morgan fingerprint density at radius 1 is 1.06 bits per heavy atom. The van der Waals surface area contributed by atoms with Gasteiger partial charge in [-0.1, -0.05) is 6.07 Å². The molecule has 9 nitrogen and oxygen atoms in total. The van der Waals surface area contributed by atoms with E-state index in [9.17, 15) is 14.4 Å². The second-order valence-electron chi connectivity index (χ2n) is 7.45. The summed E-state index contributed by atoms with van der Waals surface area (Å²) in [4.78, 5) is 40.7. The third kappa shape index (κ3) is 4.67. The first-order chi connectivity index (χ1) is 16.0. The van der Waals surface area contributed by atoms with Gasteiger partial charge in [0.2, 0.25) is 0 Å². The summed E-state index contributed by atoms with van der Waals surface area (Å²) in [6.45, 7) is 1.79. The predicted molar refractivity (Wildman–Crippen MR) is 120 cm³/mol. The zero-order chi connectivity index (χ0) is 23.4. The lowest BCUT2D eigenvalue weighted by molar-refractivity contribution is 0.0600. The van der Waals surface area contributed by atoms with Crippen LogP contribution in [0.4, 0.5) is 5.69 Å². The normalized spacial score (nSPS) is 13.8. The molecule has 0 unspecified atom stereocenters. The molecule has 1 aromatic carbocycles. The number of rotatable bonds is 5. The molecule has 2 amide bonds. The number of nitrogens with one attached hydrogen (secondary N) is 2. The Morgan fingerprint density at radius 3 is 2.55 bits per heavy atom. The molecule has 168 valence electrons. The highest BCUT2D eigenvalue weighted by molar-refractivity contribution is 6.09. The van der Waals surface area contributed by atoms with E-state index in [-0.39, 0.29) is 11.5 Å². The third-order valence-electron chi connectivity index (χ3n) is 5.29. The van der Waals surface area contributed by atoms with Gasteiger partial charge in [0.15, 0.2) is 5.76 Å². The fourth-order valence-electron chi connectivity index (χ4n) is 3.66. The number of esters is 1. The number of pyridine rings is 1. The SMILES string of the molecule is COC(=O)c1ccc(NC(=O)c2oc3c(c2C)/C(=N/NC(=O)c2ccccn2)CCC3)cc1. The Kier molecular flexibility index (Phi) is 6.30. The average Bonchev–Trinajstić information content (AvgIpc) is 3.20. The van der Waals surface area contributed by atoms with Crippen LogP contribution in [0, 0.1) is 6.92 Å². The van der Waals surface area contributed by atoms with E-state index in [0.29, 0.717) is 41.1 Å². The number of hydrogen-bond acceptors (Lipinski definition) is 7. The second-order valence-corrected chi connectivity index (χ2v) is 7.45. The van der Waals surface area contributed by atoms with Crippen LogP contribution >= 0.6 is 0 Å². The van der Waals surface area contributed by atoms with E-state index in [1.54, 1.807) is 49.4 Å². The summed E-state index contributed by atoms with van der Waals surface area (Å²) < 4.78 is 10.6. The van der Waals surface area contributed by atoms with Crippen molar-refractivity contribution in [3.63, 3.8) is 0 Å². The fraction of sp³-hybridized carbons (Fsp3) is 0.208. The van der Waals surface area contributed by atoms with Crippen LogP contribution in [0.25, 0.3) is 0 Å². The van der Waals surface area contributed by atoms with Gasteiger partial charge in [-0.3, -0.25) is 14.6 Å². The zero-order valence-electron chi connectivity index (χ0n) is 18.2. The molecular weight excluding hydrogens is 424 g/mol. The first-order valence-electron chi connectivity index (χ1n) is 10.4. The minimum absolute atomic E-state index is 0.183. The molecule has 33 heavy (non-hydrogen) atoms. The van der Waals surface area contributed by atoms with Crippen molar-refractivity contribution in [2.24, 2.45) is 5.10 Å². The summed E-state index contributed by atoms with van der Waals surface area (Å²) in [7, 11) is 1.31. The fourth-order valence-corrected chi connectivity index (χ4v) is 3.66. The minimum Gasteiger partial charge on any atom is -0.465 e. The van der Waals surface area contributed by atoms with Crippen molar-refractivity contribution < 1.29 is 23.5 Å². The number of hydrazone groups is 1. The van der Waals surface area contributed by atoms with Gasteiger partial charge in [0.25, 0.3) is 11.8 Å². The molecule has 0 fully saturated rings. The van der Waals surface area contributed by atoms with Crippen molar-refractivity contribution in [1.29, 1.82) is 0 Å². The molecule has 2 aromatic heterocycles. The maximum absolute atomic E-state index is 12.9. The van der Waals surface area contributed by atoms with Crippen molar-refractivity contribution >= 4 is 29.2 Å². The van der Waals surface area contributed by atoms with Crippen LogP contribution in [0.5, 0.6) is 0 Å². The van der Waals surface area contributed by atoms with E-state index in [2.05, 4.69) is 25.6 Å². The molecule has 4 rings (SSSR count). The quantitative estimate of drug-likeness (QED) is 0.457. The topological polar surface area (TPSA) is 123 Å². The van der Waals surface area contributed by atoms with Gasteiger partial charge in [-0.25, -0.2) is 10.2 Å². The first kappa shape index (κ1) is 21.9. The molecule has 0 saturated heterocycles. The summed E-state index contributed by atoms with van der Waals surface area (Å²) >= 11 is 0. The molecule has 0 spiro atoms. The largest absolute Gasteiger partial charge is 0.465 e. The minimum atomic E-state index is -0.454. The maximum Gasteiger partial charge on any atom is 0.337 e. The monoisotopic (exact) mass is 446 g/mol. The molecule has 1 aliphatic rings. The van der Waals surface area contributed by atoms with Crippen molar-refractivity contribution in [1.82, 2.24) is 10.4 Å². The summed E-state index contributed by atoms with van der Waals surface area (Å²) in [5.74, 6) is -0.433. The van der Waals surface area contributed by atoms with E-state index in [1.807, 2.05) is 0 Å². The number of ether oxygens (including phenoxy) is 1. The lowest BCUT2D eigenvalue weighted by Crippen LogP contribution is -2.22. The molecule has 1 aliphatic carbocycles. The number of amides is 2. The van der Waals surface area contributed by atoms with E-state index < -0.39 is 17.8 Å². The molecule has 2 N–H and O–H groups in total. The third-order valence-corrected chi connectivity index (χ3v) is 5.29. The van der Waals surface area contributed by atoms with Gasteiger partial charge < -0.3 is 14.5 Å². The van der Waals surface area contributed by atoms with Gasteiger partial charge in [0.1, 0.15) is 11.5 Å². The van der Waals surface area contributed by atoms with Crippen molar-refractivity contribution in [3.05, 3.63) is 82.6 Å². The van der Waals surface area contributed by atoms with Crippen molar-refractivity contribution in [2.45, 2.75) is 26.2 Å². The zero-order valence-corrected chi connectivity index (χ0v) is 18.2. The Labute approximate surface area is 189 Å². The van der Waals surface area contributed by atoms with Gasteiger partial charge in [0.05, 0.1) is 18.4 Å².